The highest BCUT2D eigenvalue weighted by atomic mass is 16.5. The van der Waals surface area contributed by atoms with E-state index in [2.05, 4.69) is 59.6 Å². The Hall–Kier alpha value is -4.30. The van der Waals surface area contributed by atoms with Crippen molar-refractivity contribution in [3.05, 3.63) is 58.9 Å². The first-order chi connectivity index (χ1) is 22.5. The summed E-state index contributed by atoms with van der Waals surface area (Å²) in [7, 11) is 0. The molecule has 46 heavy (non-hydrogen) atoms. The number of rotatable bonds is 22. The monoisotopic (exact) mass is 626 g/mol. The van der Waals surface area contributed by atoms with Crippen LogP contribution in [0.4, 0.5) is 11.4 Å². The Bertz CT molecular complexity index is 1250. The fourth-order valence-electron chi connectivity index (χ4n) is 4.90. The van der Waals surface area contributed by atoms with Crippen LogP contribution in [-0.2, 0) is 0 Å². The smallest absolute Gasteiger partial charge is 0.176 e. The molecule has 0 aliphatic heterocycles. The molecule has 0 fully saturated rings. The zero-order valence-corrected chi connectivity index (χ0v) is 29.0. The molecular weight excluding hydrogens is 572 g/mol. The van der Waals surface area contributed by atoms with Crippen molar-refractivity contribution >= 4 is 23.8 Å². The van der Waals surface area contributed by atoms with E-state index >= 15 is 0 Å². The lowest BCUT2D eigenvalue weighted by Gasteiger charge is -2.25. The van der Waals surface area contributed by atoms with Crippen molar-refractivity contribution in [2.24, 2.45) is 9.98 Å². The molecule has 0 aromatic heterocycles. The minimum absolute atomic E-state index is 0.0716. The third-order valence-corrected chi connectivity index (χ3v) is 7.55. The molecule has 0 saturated carbocycles. The van der Waals surface area contributed by atoms with E-state index in [0.717, 1.165) is 100 Å². The van der Waals surface area contributed by atoms with Gasteiger partial charge in [-0.05, 0) is 63.8 Å². The average molecular weight is 627 g/mol. The van der Waals surface area contributed by atoms with Gasteiger partial charge in [0.25, 0.3) is 0 Å². The van der Waals surface area contributed by atoms with E-state index in [4.69, 9.17) is 9.47 Å². The van der Waals surface area contributed by atoms with Gasteiger partial charge in [0.1, 0.15) is 23.6 Å². The van der Waals surface area contributed by atoms with Crippen molar-refractivity contribution in [2.75, 3.05) is 49.2 Å². The zero-order valence-electron chi connectivity index (χ0n) is 29.0. The van der Waals surface area contributed by atoms with Crippen LogP contribution in [0.1, 0.15) is 104 Å². The molecule has 0 aliphatic rings. The second-order valence-corrected chi connectivity index (χ2v) is 11.1. The standard InChI is InChI=1S/C38H54N6O2/c1-7-13-21-43(22-14-8-2)33-19-17-31(37(25-33)45-11-5)29-41-35(27-39)36(28-40)42-30-32-18-20-34(26-38(32)46-12-6)44(23-15-9-3)24-16-10-4/h17-20,25-26,29-30H,7-16,21-24H2,1-6H3/b36-35+,41-29?,42-30?. The van der Waals surface area contributed by atoms with Gasteiger partial charge in [-0.2, -0.15) is 10.5 Å². The third kappa shape index (κ3) is 12.2. The summed E-state index contributed by atoms with van der Waals surface area (Å²) in [5, 5.41) is 19.8. The second-order valence-electron chi connectivity index (χ2n) is 11.1. The van der Waals surface area contributed by atoms with Gasteiger partial charge in [0.15, 0.2) is 11.4 Å². The fourth-order valence-corrected chi connectivity index (χ4v) is 4.90. The van der Waals surface area contributed by atoms with Crippen LogP contribution >= 0.6 is 0 Å². The van der Waals surface area contributed by atoms with Crippen LogP contribution in [0, 0.1) is 22.7 Å². The fraction of sp³-hybridized carbons (Fsp3) is 0.526. The summed E-state index contributed by atoms with van der Waals surface area (Å²) >= 11 is 0. The number of hydrogen-bond donors (Lipinski definition) is 0. The van der Waals surface area contributed by atoms with Gasteiger partial charge in [-0.3, -0.25) is 0 Å². The number of nitrogens with zero attached hydrogens (tertiary/aromatic N) is 6. The van der Waals surface area contributed by atoms with Crippen LogP contribution in [0.2, 0.25) is 0 Å². The molecule has 0 N–H and O–H groups in total. The molecule has 8 heteroatoms. The molecule has 0 unspecified atom stereocenters. The van der Waals surface area contributed by atoms with Crippen LogP contribution in [0.5, 0.6) is 11.5 Å². The first kappa shape index (κ1) is 37.9. The van der Waals surface area contributed by atoms with E-state index in [1.54, 1.807) is 12.4 Å². The molecule has 8 nitrogen and oxygen atoms in total. The Morgan fingerprint density at radius 2 is 0.957 bits per heavy atom. The summed E-state index contributed by atoms with van der Waals surface area (Å²) in [6.45, 7) is 17.7. The van der Waals surface area contributed by atoms with Gasteiger partial charge in [0.2, 0.25) is 0 Å². The first-order valence-corrected chi connectivity index (χ1v) is 17.2. The van der Waals surface area contributed by atoms with Crippen molar-refractivity contribution in [2.45, 2.75) is 92.9 Å². The number of ether oxygens (including phenoxy) is 2. The quantitative estimate of drug-likeness (QED) is 0.0955. The molecule has 0 radical (unpaired) electrons. The molecule has 0 aliphatic carbocycles. The summed E-state index contributed by atoms with van der Waals surface area (Å²) < 4.78 is 11.9. The van der Waals surface area contributed by atoms with Gasteiger partial charge in [-0.1, -0.05) is 53.4 Å². The minimum Gasteiger partial charge on any atom is -0.493 e. The van der Waals surface area contributed by atoms with Crippen molar-refractivity contribution in [3.63, 3.8) is 0 Å². The molecule has 2 rings (SSSR count). The Morgan fingerprint density at radius 3 is 1.24 bits per heavy atom. The molecule has 0 heterocycles. The lowest BCUT2D eigenvalue weighted by atomic mass is 10.1. The van der Waals surface area contributed by atoms with Crippen LogP contribution < -0.4 is 19.3 Å². The topological polar surface area (TPSA) is 97.2 Å². The van der Waals surface area contributed by atoms with Gasteiger partial charge < -0.3 is 19.3 Å². The maximum Gasteiger partial charge on any atom is 0.176 e. The highest BCUT2D eigenvalue weighted by Gasteiger charge is 2.13. The summed E-state index contributed by atoms with van der Waals surface area (Å²) in [6, 6.07) is 16.2. The largest absolute Gasteiger partial charge is 0.493 e. The SMILES string of the molecule is CCCCN(CCCC)c1ccc(C=N/C(C#N)=C(\C#N)N=Cc2ccc(N(CCCC)CCCC)cc2OCC)c(OCC)c1. The van der Waals surface area contributed by atoms with Gasteiger partial charge in [-0.15, -0.1) is 0 Å². The van der Waals surface area contributed by atoms with Crippen LogP contribution in [0.15, 0.2) is 57.8 Å². The molecule has 0 bridgehead atoms. The number of allylic oxidation sites excluding steroid dienone is 2. The number of anilines is 2. The summed E-state index contributed by atoms with van der Waals surface area (Å²) in [4.78, 5) is 13.6. The molecule has 0 spiro atoms. The summed E-state index contributed by atoms with van der Waals surface area (Å²) in [5.74, 6) is 1.38. The van der Waals surface area contributed by atoms with Gasteiger partial charge >= 0.3 is 0 Å². The maximum atomic E-state index is 9.92. The van der Waals surface area contributed by atoms with Gasteiger partial charge in [0.05, 0.1) is 13.2 Å². The number of unbranched alkanes of at least 4 members (excludes halogenated alkanes) is 4. The summed E-state index contributed by atoms with van der Waals surface area (Å²) in [5.41, 5.74) is 3.54. The molecule has 0 amide bonds. The lowest BCUT2D eigenvalue weighted by molar-refractivity contribution is 0.339. The van der Waals surface area contributed by atoms with Crippen molar-refractivity contribution in [1.82, 2.24) is 0 Å². The predicted octanol–water partition coefficient (Wildman–Crippen LogP) is 9.09. The lowest BCUT2D eigenvalue weighted by Crippen LogP contribution is -2.25. The second kappa shape index (κ2) is 22.2. The van der Waals surface area contributed by atoms with Crippen molar-refractivity contribution in [3.8, 4) is 23.6 Å². The predicted molar refractivity (Wildman–Crippen MR) is 193 cm³/mol. The molecule has 248 valence electrons. The number of aliphatic imine (C=N–C) groups is 2. The molecule has 0 saturated heterocycles. The number of hydrogen-bond acceptors (Lipinski definition) is 8. The van der Waals surface area contributed by atoms with Crippen molar-refractivity contribution < 1.29 is 9.47 Å². The maximum absolute atomic E-state index is 9.92. The Balaban J connectivity index is 2.41. The minimum atomic E-state index is -0.0716. The van der Waals surface area contributed by atoms with E-state index in [1.165, 1.54) is 0 Å². The van der Waals surface area contributed by atoms with Crippen LogP contribution in [0.25, 0.3) is 0 Å². The van der Waals surface area contributed by atoms with E-state index < -0.39 is 0 Å². The highest BCUT2D eigenvalue weighted by Crippen LogP contribution is 2.28. The molecular formula is C38H54N6O2. The highest BCUT2D eigenvalue weighted by molar-refractivity contribution is 5.87. The normalized spacial score (nSPS) is 11.7. The van der Waals surface area contributed by atoms with Crippen molar-refractivity contribution in [1.29, 1.82) is 10.5 Å². The Labute approximate surface area is 278 Å². The summed E-state index contributed by atoms with van der Waals surface area (Å²) in [6.07, 6.45) is 12.2. The Morgan fingerprint density at radius 1 is 0.609 bits per heavy atom. The van der Waals surface area contributed by atoms with E-state index in [0.29, 0.717) is 24.7 Å². The Kier molecular flexibility index (Phi) is 18.3. The van der Waals surface area contributed by atoms with Gasteiger partial charge in [0, 0.05) is 73.2 Å². The molecule has 2 aromatic rings. The van der Waals surface area contributed by atoms with E-state index in [9.17, 15) is 10.5 Å². The van der Waals surface area contributed by atoms with Gasteiger partial charge in [-0.25, -0.2) is 9.98 Å². The van der Waals surface area contributed by atoms with Crippen LogP contribution in [0.3, 0.4) is 0 Å². The van der Waals surface area contributed by atoms with E-state index in [-0.39, 0.29) is 11.4 Å². The van der Waals surface area contributed by atoms with Crippen LogP contribution in [-0.4, -0.2) is 51.8 Å². The molecule has 2 aromatic carbocycles. The third-order valence-electron chi connectivity index (χ3n) is 7.55. The van der Waals surface area contributed by atoms with E-state index in [1.807, 2.05) is 50.3 Å². The first-order valence-electron chi connectivity index (χ1n) is 17.2. The number of nitriles is 2. The average Bonchev–Trinajstić information content (AvgIpc) is 3.07. The number of benzene rings is 2. The molecule has 0 atom stereocenters. The zero-order chi connectivity index (χ0) is 33.6.